The molecule has 0 spiro atoms. The van der Waals surface area contributed by atoms with Crippen molar-refractivity contribution in [3.63, 3.8) is 0 Å². The summed E-state index contributed by atoms with van der Waals surface area (Å²) in [6, 6.07) is 1.89. The van der Waals surface area contributed by atoms with Crippen molar-refractivity contribution in [1.29, 1.82) is 0 Å². The van der Waals surface area contributed by atoms with Crippen LogP contribution in [-0.2, 0) is 22.6 Å². The third kappa shape index (κ3) is 1.41. The second-order valence-corrected chi connectivity index (χ2v) is 5.31. The molecule has 0 bridgehead atoms. The molecule has 0 aromatic carbocycles. The molecule has 1 unspecified atom stereocenters. The van der Waals surface area contributed by atoms with E-state index in [0.717, 1.165) is 25.1 Å². The highest BCUT2D eigenvalue weighted by Gasteiger charge is 2.48. The Hall–Kier alpha value is -2.37. The lowest BCUT2D eigenvalue weighted by Gasteiger charge is -2.38. The van der Waals surface area contributed by atoms with Gasteiger partial charge in [-0.25, -0.2) is 4.79 Å². The largest absolute Gasteiger partial charge is 0.477 e. The molecule has 4 heterocycles. The van der Waals surface area contributed by atoms with Gasteiger partial charge in [0.15, 0.2) is 0 Å². The number of hydrogen-bond donors (Lipinski definition) is 1. The maximum atomic E-state index is 12.1. The van der Waals surface area contributed by atoms with Crippen LogP contribution in [0.5, 0.6) is 0 Å². The van der Waals surface area contributed by atoms with Crippen molar-refractivity contribution < 1.29 is 14.7 Å². The van der Waals surface area contributed by atoms with E-state index >= 15 is 0 Å². The van der Waals surface area contributed by atoms with Crippen molar-refractivity contribution in [1.82, 2.24) is 14.7 Å². The van der Waals surface area contributed by atoms with Crippen LogP contribution in [-0.4, -0.2) is 37.7 Å². The molecule has 102 valence electrons. The SMILES string of the molecule is O=C(O)C1=CCC2/C(=C\c3cc4n(n3)CCC4)C(=O)N12. The maximum Gasteiger partial charge on any atom is 0.352 e. The van der Waals surface area contributed by atoms with Gasteiger partial charge in [0.05, 0.1) is 11.7 Å². The van der Waals surface area contributed by atoms with E-state index in [4.69, 9.17) is 5.11 Å². The number of nitrogens with zero attached hydrogens (tertiary/aromatic N) is 3. The monoisotopic (exact) mass is 271 g/mol. The molecule has 6 nitrogen and oxygen atoms in total. The van der Waals surface area contributed by atoms with E-state index in [1.807, 2.05) is 10.7 Å². The van der Waals surface area contributed by atoms with Gasteiger partial charge in [0, 0.05) is 17.8 Å². The van der Waals surface area contributed by atoms with Gasteiger partial charge < -0.3 is 5.11 Å². The first-order chi connectivity index (χ1) is 9.65. The molecule has 1 fully saturated rings. The fraction of sp³-hybridized carbons (Fsp3) is 0.357. The summed E-state index contributed by atoms with van der Waals surface area (Å²) >= 11 is 0. The number of carboxylic acids is 1. The number of fused-ring (bicyclic) bond motifs is 2. The summed E-state index contributed by atoms with van der Waals surface area (Å²) in [7, 11) is 0. The van der Waals surface area contributed by atoms with Gasteiger partial charge in [0.1, 0.15) is 5.70 Å². The summed E-state index contributed by atoms with van der Waals surface area (Å²) in [6.45, 7) is 0.937. The van der Waals surface area contributed by atoms with Gasteiger partial charge in [-0.1, -0.05) is 6.08 Å². The Morgan fingerprint density at radius 3 is 3.10 bits per heavy atom. The number of carboxylic acid groups (broad SMARTS) is 1. The second kappa shape index (κ2) is 3.82. The lowest BCUT2D eigenvalue weighted by Crippen LogP contribution is -2.52. The Labute approximate surface area is 115 Å². The van der Waals surface area contributed by atoms with E-state index < -0.39 is 5.97 Å². The number of carbonyl (C=O) groups is 2. The average Bonchev–Trinajstić information content (AvgIpc) is 3.07. The Morgan fingerprint density at radius 1 is 1.50 bits per heavy atom. The molecule has 0 saturated carbocycles. The van der Waals surface area contributed by atoms with Crippen LogP contribution in [0.1, 0.15) is 24.2 Å². The fourth-order valence-corrected chi connectivity index (χ4v) is 3.19. The number of aliphatic carboxylic acids is 1. The maximum absolute atomic E-state index is 12.1. The van der Waals surface area contributed by atoms with Crippen molar-refractivity contribution >= 4 is 18.0 Å². The van der Waals surface area contributed by atoms with Crippen LogP contribution in [0.3, 0.4) is 0 Å². The Morgan fingerprint density at radius 2 is 2.35 bits per heavy atom. The first-order valence-corrected chi connectivity index (χ1v) is 6.70. The molecule has 1 saturated heterocycles. The zero-order valence-corrected chi connectivity index (χ0v) is 10.7. The minimum atomic E-state index is -1.04. The highest BCUT2D eigenvalue weighted by molar-refractivity contribution is 6.10. The van der Waals surface area contributed by atoms with Crippen LogP contribution in [0, 0.1) is 0 Å². The van der Waals surface area contributed by atoms with Crippen molar-refractivity contribution in [2.45, 2.75) is 31.8 Å². The molecule has 1 aromatic rings. The van der Waals surface area contributed by atoms with E-state index in [-0.39, 0.29) is 17.6 Å². The van der Waals surface area contributed by atoms with Gasteiger partial charge in [0.25, 0.3) is 5.91 Å². The molecule has 1 aromatic heterocycles. The molecule has 0 aliphatic carbocycles. The molecule has 4 rings (SSSR count). The smallest absolute Gasteiger partial charge is 0.352 e. The highest BCUT2D eigenvalue weighted by atomic mass is 16.4. The minimum absolute atomic E-state index is 0.101. The topological polar surface area (TPSA) is 75.4 Å². The first kappa shape index (κ1) is 11.5. The average molecular weight is 271 g/mol. The molecule has 6 heteroatoms. The van der Waals surface area contributed by atoms with E-state index in [9.17, 15) is 9.59 Å². The quantitative estimate of drug-likeness (QED) is 0.637. The zero-order chi connectivity index (χ0) is 13.9. The van der Waals surface area contributed by atoms with Crippen LogP contribution >= 0.6 is 0 Å². The zero-order valence-electron chi connectivity index (χ0n) is 10.7. The number of carbonyl (C=O) groups excluding carboxylic acids is 1. The van der Waals surface area contributed by atoms with Gasteiger partial charge in [-0.3, -0.25) is 14.4 Å². The second-order valence-electron chi connectivity index (χ2n) is 5.31. The predicted molar refractivity (Wildman–Crippen MR) is 69.5 cm³/mol. The minimum Gasteiger partial charge on any atom is -0.477 e. The first-order valence-electron chi connectivity index (χ1n) is 6.70. The summed E-state index contributed by atoms with van der Waals surface area (Å²) in [5.74, 6) is -1.25. The Bertz CT molecular complexity index is 677. The normalized spacial score (nSPS) is 25.5. The molecule has 1 N–H and O–H groups in total. The molecule has 3 aliphatic heterocycles. The highest BCUT2D eigenvalue weighted by Crippen LogP contribution is 2.39. The molecular weight excluding hydrogens is 258 g/mol. The number of aromatic nitrogens is 2. The molecule has 3 aliphatic rings. The third-order valence-corrected chi connectivity index (χ3v) is 4.14. The van der Waals surface area contributed by atoms with Gasteiger partial charge in [-0.15, -0.1) is 0 Å². The van der Waals surface area contributed by atoms with Crippen molar-refractivity contribution in [3.8, 4) is 0 Å². The Balaban J connectivity index is 1.61. The molecule has 1 amide bonds. The number of amides is 1. The Kier molecular flexibility index (Phi) is 2.19. The lowest BCUT2D eigenvalue weighted by molar-refractivity contribution is -0.142. The third-order valence-electron chi connectivity index (χ3n) is 4.14. The van der Waals surface area contributed by atoms with Crippen LogP contribution in [0.2, 0.25) is 0 Å². The summed E-state index contributed by atoms with van der Waals surface area (Å²) in [5, 5.41) is 13.5. The van der Waals surface area contributed by atoms with Crippen LogP contribution in [0.25, 0.3) is 6.08 Å². The van der Waals surface area contributed by atoms with Crippen LogP contribution in [0.15, 0.2) is 23.4 Å². The molecular formula is C14H13N3O3. The number of aryl methyl sites for hydroxylation is 2. The van der Waals surface area contributed by atoms with Crippen LogP contribution in [0.4, 0.5) is 0 Å². The number of hydrogen-bond acceptors (Lipinski definition) is 3. The van der Waals surface area contributed by atoms with Gasteiger partial charge in [-0.2, -0.15) is 5.10 Å². The van der Waals surface area contributed by atoms with Crippen molar-refractivity contribution in [2.75, 3.05) is 0 Å². The summed E-state index contributed by atoms with van der Waals surface area (Å²) < 4.78 is 1.98. The van der Waals surface area contributed by atoms with Crippen molar-refractivity contribution in [2.24, 2.45) is 0 Å². The van der Waals surface area contributed by atoms with E-state index in [1.54, 1.807) is 12.2 Å². The van der Waals surface area contributed by atoms with Gasteiger partial charge in [0.2, 0.25) is 0 Å². The number of rotatable bonds is 2. The van der Waals surface area contributed by atoms with Crippen LogP contribution < -0.4 is 0 Å². The molecule has 20 heavy (non-hydrogen) atoms. The fourth-order valence-electron chi connectivity index (χ4n) is 3.19. The standard InChI is InChI=1S/C14H13N3O3/c18-13-10(11-3-4-12(14(19)20)17(11)13)7-8-6-9-2-1-5-16(9)15-8/h4,6-7,11H,1-3,5H2,(H,19,20)/b10-7+. The van der Waals surface area contributed by atoms with Gasteiger partial charge >= 0.3 is 5.97 Å². The van der Waals surface area contributed by atoms with Gasteiger partial charge in [-0.05, 0) is 31.4 Å². The summed E-state index contributed by atoms with van der Waals surface area (Å²) in [6.07, 6.45) is 6.14. The summed E-state index contributed by atoms with van der Waals surface area (Å²) in [4.78, 5) is 24.4. The molecule has 1 atom stereocenters. The number of β-lactam (4-membered cyclic amide) rings is 1. The van der Waals surface area contributed by atoms with E-state index in [2.05, 4.69) is 5.10 Å². The lowest BCUT2D eigenvalue weighted by atomic mass is 9.93. The van der Waals surface area contributed by atoms with E-state index in [1.165, 1.54) is 10.6 Å². The van der Waals surface area contributed by atoms with E-state index in [0.29, 0.717) is 12.0 Å². The predicted octanol–water partition coefficient (Wildman–Crippen LogP) is 0.796. The van der Waals surface area contributed by atoms with Crippen molar-refractivity contribution in [3.05, 3.63) is 34.8 Å². The summed E-state index contributed by atoms with van der Waals surface area (Å²) in [5.41, 5.74) is 2.77. The molecule has 0 radical (unpaired) electrons.